The van der Waals surface area contributed by atoms with Crippen LogP contribution in [0.5, 0.6) is 0 Å². The number of phosphoric acid groups is 3. The molecule has 0 aromatic carbocycles. The van der Waals surface area contributed by atoms with Crippen molar-refractivity contribution in [3.63, 3.8) is 0 Å². The molecule has 1 aliphatic heterocycles. The van der Waals surface area contributed by atoms with Crippen LogP contribution in [0.25, 0.3) is 11.2 Å². The maximum Gasteiger partial charge on any atom is 0.481 e. The second-order valence-electron chi connectivity index (χ2n) is 12.9. The zero-order valence-corrected chi connectivity index (χ0v) is 33.3. The van der Waals surface area contributed by atoms with Gasteiger partial charge >= 0.3 is 23.5 Å². The Morgan fingerprint density at radius 2 is 1.71 bits per heavy atom. The minimum Gasteiger partial charge on any atom is -0.386 e. The van der Waals surface area contributed by atoms with Gasteiger partial charge in [0.15, 0.2) is 22.8 Å². The number of thioether (sulfide) groups is 1. The molecule has 1 aliphatic rings. The number of carbonyl (C=O) groups excluding carboxylic acids is 3. The number of imidazole rings is 1. The molecule has 2 amide bonds. The Morgan fingerprint density at radius 1 is 1.05 bits per heavy atom. The summed E-state index contributed by atoms with van der Waals surface area (Å²) in [5, 5.41) is 26.2. The lowest BCUT2D eigenvalue weighted by Crippen LogP contribution is -2.46. The van der Waals surface area contributed by atoms with Crippen LogP contribution in [0.15, 0.2) is 12.7 Å². The zero-order chi connectivity index (χ0) is 41.5. The molecule has 1 fully saturated rings. The number of hydrogen-bond acceptors (Lipinski definition) is 19. The first-order chi connectivity index (χ1) is 25.3. The average molecular weight is 867 g/mol. The first kappa shape index (κ1) is 46.9. The Bertz CT molecular complexity index is 1820. The third kappa shape index (κ3) is 13.8. The summed E-state index contributed by atoms with van der Waals surface area (Å²) >= 11 is 1.03. The summed E-state index contributed by atoms with van der Waals surface area (Å²) in [5.41, 5.74) is 9.95. The van der Waals surface area contributed by atoms with E-state index in [9.17, 15) is 57.9 Å². The van der Waals surface area contributed by atoms with Crippen molar-refractivity contribution in [2.75, 3.05) is 37.8 Å². The quantitative estimate of drug-likeness (QED) is 0.0512. The minimum atomic E-state index is -5.57. The SMILES string of the molecule is CC(C(=O)SCCNC(=O)CCNC(=O)C(O)C(C)(C)COP(=O)(O)OP(=O)(O)OCC1OC(n2cnc3c(N)ncnc32)C(O)C1OP(=O)(O)O)[C@H](C)N. The summed E-state index contributed by atoms with van der Waals surface area (Å²) in [4.78, 5) is 87.5. The smallest absolute Gasteiger partial charge is 0.386 e. The fourth-order valence-corrected chi connectivity index (χ4v) is 8.34. The highest BCUT2D eigenvalue weighted by Gasteiger charge is 2.50. The van der Waals surface area contributed by atoms with Crippen molar-refractivity contribution in [2.45, 2.75) is 70.8 Å². The van der Waals surface area contributed by atoms with Crippen LogP contribution in [0, 0.1) is 11.3 Å². The molecule has 0 bridgehead atoms. The largest absolute Gasteiger partial charge is 0.481 e. The third-order valence-corrected chi connectivity index (χ3v) is 12.1. The van der Waals surface area contributed by atoms with Crippen molar-refractivity contribution >= 4 is 69.1 Å². The number of fused-ring (bicyclic) bond motifs is 1. The fourth-order valence-electron chi connectivity index (χ4n) is 4.63. The molecule has 0 aliphatic carbocycles. The van der Waals surface area contributed by atoms with Gasteiger partial charge in [-0.05, 0) is 6.92 Å². The van der Waals surface area contributed by atoms with E-state index in [1.807, 2.05) is 0 Å². The maximum atomic E-state index is 12.7. The summed E-state index contributed by atoms with van der Waals surface area (Å²) in [7, 11) is -16.4. The Balaban J connectivity index is 1.50. The molecule has 2 aromatic rings. The van der Waals surface area contributed by atoms with E-state index >= 15 is 0 Å². The number of carbonyl (C=O) groups is 3. The Morgan fingerprint density at radius 3 is 2.35 bits per heavy atom. The second-order valence-corrected chi connectivity index (χ2v) is 18.2. The highest BCUT2D eigenvalue weighted by atomic mass is 32.2. The van der Waals surface area contributed by atoms with E-state index in [2.05, 4.69) is 34.4 Å². The fraction of sp³-hybridized carbons (Fsp3) is 0.692. The van der Waals surface area contributed by atoms with Gasteiger partial charge in [-0.2, -0.15) is 4.31 Å². The number of aliphatic hydroxyl groups excluding tert-OH is 2. The normalized spacial score (nSPS) is 23.0. The van der Waals surface area contributed by atoms with Crippen molar-refractivity contribution in [3.05, 3.63) is 12.7 Å². The number of anilines is 1. The number of aliphatic hydroxyl groups is 2. The van der Waals surface area contributed by atoms with E-state index < -0.39 is 84.6 Å². The molecule has 0 spiro atoms. The van der Waals surface area contributed by atoms with Crippen molar-refractivity contribution in [1.82, 2.24) is 30.2 Å². The van der Waals surface area contributed by atoms with Gasteiger partial charge in [0.2, 0.25) is 11.8 Å². The highest BCUT2D eigenvalue weighted by molar-refractivity contribution is 8.13. The van der Waals surface area contributed by atoms with E-state index in [0.29, 0.717) is 5.75 Å². The summed E-state index contributed by atoms with van der Waals surface area (Å²) in [5.74, 6) is -1.52. The number of nitrogens with zero attached hydrogens (tertiary/aromatic N) is 4. The lowest BCUT2D eigenvalue weighted by molar-refractivity contribution is -0.137. The number of phosphoric ester groups is 3. The molecule has 25 nitrogen and oxygen atoms in total. The second kappa shape index (κ2) is 19.3. The number of amides is 2. The van der Waals surface area contributed by atoms with E-state index in [-0.39, 0.29) is 53.6 Å². The molecule has 8 unspecified atom stereocenters. The monoisotopic (exact) mass is 866 g/mol. The predicted molar refractivity (Wildman–Crippen MR) is 190 cm³/mol. The number of aromatic nitrogens is 4. The number of hydrogen-bond donors (Lipinski definition) is 10. The van der Waals surface area contributed by atoms with Crippen LogP contribution >= 0.6 is 35.2 Å². The van der Waals surface area contributed by atoms with Gasteiger partial charge in [0.25, 0.3) is 0 Å². The van der Waals surface area contributed by atoms with Crippen molar-refractivity contribution < 1.29 is 80.5 Å². The predicted octanol–water partition coefficient (Wildman–Crippen LogP) is -1.35. The lowest BCUT2D eigenvalue weighted by Gasteiger charge is -2.30. The molecular weight excluding hydrogens is 821 g/mol. The number of nitrogen functional groups attached to an aromatic ring is 1. The lowest BCUT2D eigenvalue weighted by atomic mass is 9.87. The van der Waals surface area contributed by atoms with E-state index in [1.54, 1.807) is 13.8 Å². The number of ether oxygens (including phenoxy) is 1. The topological polar surface area (TPSA) is 390 Å². The molecule has 1 saturated heterocycles. The summed E-state index contributed by atoms with van der Waals surface area (Å²) in [6.45, 7) is 3.85. The van der Waals surface area contributed by atoms with E-state index in [1.165, 1.54) is 13.8 Å². The molecule has 312 valence electrons. The Hall–Kier alpha value is -2.48. The van der Waals surface area contributed by atoms with Crippen LogP contribution < -0.4 is 22.1 Å². The minimum absolute atomic E-state index is 0.0284. The highest BCUT2D eigenvalue weighted by Crippen LogP contribution is 2.61. The molecule has 29 heteroatoms. The van der Waals surface area contributed by atoms with Gasteiger partial charge in [0, 0.05) is 42.6 Å². The van der Waals surface area contributed by atoms with Gasteiger partial charge in [0.1, 0.15) is 36.3 Å². The maximum absolute atomic E-state index is 12.7. The molecule has 9 atom stereocenters. The first-order valence-corrected chi connectivity index (χ1v) is 21.7. The molecule has 12 N–H and O–H groups in total. The van der Waals surface area contributed by atoms with Crippen LogP contribution in [-0.4, -0.2) is 129 Å². The standard InChI is InChI=1S/C26H45N8O17P3S/c1-13(14(2)27)25(39)55-8-7-29-16(35)5-6-30-23(38)20(37)26(3,4)10-48-54(45,46)51-53(43,44)47-9-15-19(50-52(40,41)42)18(36)24(49-15)34-12-33-17-21(28)31-11-32-22(17)34/h11-15,18-20,24,36-37H,5-10,27H2,1-4H3,(H,29,35)(H,30,38)(H,43,44)(H,45,46)(H2,28,31,32)(H2,40,41,42)/t13?,14-,15?,18?,19?,20?,24?/m0/s1. The summed E-state index contributed by atoms with van der Waals surface area (Å²) in [6, 6.07) is -0.312. The number of rotatable bonds is 21. The van der Waals surface area contributed by atoms with E-state index in [0.717, 1.165) is 29.0 Å². The Kier molecular flexibility index (Phi) is 16.5. The molecule has 2 aromatic heterocycles. The molecule has 0 saturated carbocycles. The average Bonchev–Trinajstić information content (AvgIpc) is 3.64. The van der Waals surface area contributed by atoms with Crippen LogP contribution in [-0.2, 0) is 50.7 Å². The molecular formula is C26H45N8O17P3S. The first-order valence-electron chi connectivity index (χ1n) is 16.2. The van der Waals surface area contributed by atoms with Gasteiger partial charge in [-0.1, -0.05) is 32.5 Å². The number of nitrogens with two attached hydrogens (primary N) is 2. The Labute approximate surface area is 317 Å². The summed E-state index contributed by atoms with van der Waals surface area (Å²) in [6.07, 6.45) is -6.94. The van der Waals surface area contributed by atoms with Crippen LogP contribution in [0.4, 0.5) is 5.82 Å². The van der Waals surface area contributed by atoms with Crippen LogP contribution in [0.2, 0.25) is 0 Å². The van der Waals surface area contributed by atoms with Crippen molar-refractivity contribution in [3.8, 4) is 0 Å². The summed E-state index contributed by atoms with van der Waals surface area (Å²) < 4.78 is 62.0. The molecule has 3 rings (SSSR count). The van der Waals surface area contributed by atoms with Crippen LogP contribution in [0.3, 0.4) is 0 Å². The molecule has 55 heavy (non-hydrogen) atoms. The number of nitrogens with one attached hydrogen (secondary N) is 2. The van der Waals surface area contributed by atoms with Crippen molar-refractivity contribution in [1.29, 1.82) is 0 Å². The third-order valence-electron chi connectivity index (χ3n) is 7.91. The van der Waals surface area contributed by atoms with Gasteiger partial charge < -0.3 is 56.6 Å². The van der Waals surface area contributed by atoms with E-state index in [4.69, 9.17) is 25.3 Å². The van der Waals surface area contributed by atoms with Crippen molar-refractivity contribution in [2.24, 2.45) is 17.1 Å². The van der Waals surface area contributed by atoms with Crippen LogP contribution in [0.1, 0.15) is 40.3 Å². The zero-order valence-electron chi connectivity index (χ0n) is 29.8. The van der Waals surface area contributed by atoms with Gasteiger partial charge in [0.05, 0.1) is 19.5 Å². The van der Waals surface area contributed by atoms with Gasteiger partial charge in [-0.15, -0.1) is 0 Å². The molecule has 0 radical (unpaired) electrons. The van der Waals surface area contributed by atoms with Gasteiger partial charge in [-0.25, -0.2) is 28.6 Å². The van der Waals surface area contributed by atoms with Gasteiger partial charge in [-0.3, -0.25) is 32.5 Å². The molecule has 3 heterocycles.